The maximum atomic E-state index is 11.2. The lowest BCUT2D eigenvalue weighted by Gasteiger charge is -2.15. The third kappa shape index (κ3) is 5.21. The lowest BCUT2D eigenvalue weighted by Crippen LogP contribution is -2.09. The van der Waals surface area contributed by atoms with Crippen LogP contribution in [0.3, 0.4) is 0 Å². The molecule has 0 spiro atoms. The molecule has 0 unspecified atom stereocenters. The van der Waals surface area contributed by atoms with Crippen LogP contribution in [0.4, 0.5) is 0 Å². The van der Waals surface area contributed by atoms with E-state index in [0.29, 0.717) is 18.1 Å². The van der Waals surface area contributed by atoms with E-state index >= 15 is 0 Å². The third-order valence-electron chi connectivity index (χ3n) is 3.14. The second-order valence-corrected chi connectivity index (χ2v) is 4.64. The van der Waals surface area contributed by atoms with Gasteiger partial charge in [-0.25, -0.2) is 0 Å². The van der Waals surface area contributed by atoms with E-state index in [-0.39, 0.29) is 5.97 Å². The van der Waals surface area contributed by atoms with Gasteiger partial charge in [0.2, 0.25) is 0 Å². The fourth-order valence-corrected chi connectivity index (χ4v) is 2.15. The van der Waals surface area contributed by atoms with Crippen LogP contribution in [-0.4, -0.2) is 18.2 Å². The van der Waals surface area contributed by atoms with Crippen LogP contribution in [0.2, 0.25) is 0 Å². The molecule has 0 saturated carbocycles. The average molecular weight is 250 g/mol. The molecule has 0 aliphatic carbocycles. The molecular weight excluding hydrogens is 228 g/mol. The summed E-state index contributed by atoms with van der Waals surface area (Å²) >= 11 is 0. The predicted molar refractivity (Wildman–Crippen MR) is 71.5 cm³/mol. The van der Waals surface area contributed by atoms with Crippen LogP contribution in [0, 0.1) is 5.92 Å². The Bertz CT molecular complexity index is 357. The van der Waals surface area contributed by atoms with E-state index in [4.69, 9.17) is 0 Å². The fourth-order valence-electron chi connectivity index (χ4n) is 2.15. The predicted octanol–water partition coefficient (Wildman–Crippen LogP) is 3.30. The molecule has 0 radical (unpaired) electrons. The van der Waals surface area contributed by atoms with Gasteiger partial charge in [0, 0.05) is 6.42 Å². The van der Waals surface area contributed by atoms with Gasteiger partial charge in [-0.2, -0.15) is 0 Å². The minimum Gasteiger partial charge on any atom is -0.508 e. The van der Waals surface area contributed by atoms with Gasteiger partial charge in [-0.3, -0.25) is 4.79 Å². The molecule has 3 heteroatoms. The number of carbonyl (C=O) groups is 1. The highest BCUT2D eigenvalue weighted by molar-refractivity contribution is 5.69. The molecule has 3 nitrogen and oxygen atoms in total. The Kier molecular flexibility index (Phi) is 6.26. The molecule has 1 aromatic carbocycles. The molecule has 0 aliphatic heterocycles. The molecule has 0 bridgehead atoms. The SMILES string of the molecule is CCC[C@H](CCC(=O)OC)Cc1ccc(O)cc1. The Balaban J connectivity index is 2.51. The van der Waals surface area contributed by atoms with E-state index in [1.807, 2.05) is 12.1 Å². The van der Waals surface area contributed by atoms with Gasteiger partial charge in [0.15, 0.2) is 0 Å². The van der Waals surface area contributed by atoms with E-state index in [1.54, 1.807) is 12.1 Å². The fraction of sp³-hybridized carbons (Fsp3) is 0.533. The summed E-state index contributed by atoms with van der Waals surface area (Å²) < 4.78 is 4.67. The van der Waals surface area contributed by atoms with Crippen LogP contribution in [0.25, 0.3) is 0 Å². The van der Waals surface area contributed by atoms with Crippen LogP contribution in [0.5, 0.6) is 5.75 Å². The highest BCUT2D eigenvalue weighted by Crippen LogP contribution is 2.21. The number of carbonyl (C=O) groups excluding carboxylic acids is 1. The minimum atomic E-state index is -0.137. The maximum Gasteiger partial charge on any atom is 0.305 e. The van der Waals surface area contributed by atoms with Crippen molar-refractivity contribution in [3.05, 3.63) is 29.8 Å². The summed E-state index contributed by atoms with van der Waals surface area (Å²) in [5.41, 5.74) is 1.20. The van der Waals surface area contributed by atoms with Crippen LogP contribution < -0.4 is 0 Å². The summed E-state index contributed by atoms with van der Waals surface area (Å²) in [5, 5.41) is 9.24. The van der Waals surface area contributed by atoms with Crippen molar-refractivity contribution >= 4 is 5.97 Å². The van der Waals surface area contributed by atoms with Crippen molar-refractivity contribution in [3.8, 4) is 5.75 Å². The number of esters is 1. The van der Waals surface area contributed by atoms with Gasteiger partial charge in [0.05, 0.1) is 7.11 Å². The first kappa shape index (κ1) is 14.6. The average Bonchev–Trinajstić information content (AvgIpc) is 2.38. The van der Waals surface area contributed by atoms with E-state index in [9.17, 15) is 9.90 Å². The van der Waals surface area contributed by atoms with Crippen LogP contribution >= 0.6 is 0 Å². The molecule has 1 aromatic rings. The van der Waals surface area contributed by atoms with Gasteiger partial charge in [0.1, 0.15) is 5.75 Å². The van der Waals surface area contributed by atoms with Crippen LogP contribution in [0.1, 0.15) is 38.2 Å². The number of phenolic OH excluding ortho intramolecular Hbond substituents is 1. The van der Waals surface area contributed by atoms with Gasteiger partial charge in [0.25, 0.3) is 0 Å². The quantitative estimate of drug-likeness (QED) is 0.755. The van der Waals surface area contributed by atoms with E-state index in [1.165, 1.54) is 12.7 Å². The summed E-state index contributed by atoms with van der Waals surface area (Å²) in [4.78, 5) is 11.2. The molecule has 100 valence electrons. The topological polar surface area (TPSA) is 46.5 Å². The smallest absolute Gasteiger partial charge is 0.305 e. The molecule has 1 N–H and O–H groups in total. The Labute approximate surface area is 109 Å². The lowest BCUT2D eigenvalue weighted by molar-refractivity contribution is -0.140. The number of hydrogen-bond donors (Lipinski definition) is 1. The highest BCUT2D eigenvalue weighted by Gasteiger charge is 2.11. The van der Waals surface area contributed by atoms with Crippen molar-refractivity contribution < 1.29 is 14.6 Å². The third-order valence-corrected chi connectivity index (χ3v) is 3.14. The molecular formula is C15H22O3. The Morgan fingerprint density at radius 2 is 1.94 bits per heavy atom. The van der Waals surface area contributed by atoms with Crippen molar-refractivity contribution in [2.24, 2.45) is 5.92 Å². The lowest BCUT2D eigenvalue weighted by atomic mass is 9.91. The van der Waals surface area contributed by atoms with E-state index in [2.05, 4.69) is 11.7 Å². The number of benzene rings is 1. The first-order chi connectivity index (χ1) is 8.65. The second kappa shape index (κ2) is 7.75. The van der Waals surface area contributed by atoms with Gasteiger partial charge >= 0.3 is 5.97 Å². The number of aromatic hydroxyl groups is 1. The number of phenols is 1. The largest absolute Gasteiger partial charge is 0.508 e. The van der Waals surface area contributed by atoms with Gasteiger partial charge in [-0.05, 0) is 36.5 Å². The van der Waals surface area contributed by atoms with Crippen molar-refractivity contribution in [2.75, 3.05) is 7.11 Å². The Hall–Kier alpha value is -1.51. The maximum absolute atomic E-state index is 11.2. The minimum absolute atomic E-state index is 0.137. The summed E-state index contributed by atoms with van der Waals surface area (Å²) in [7, 11) is 1.43. The number of ether oxygens (including phenoxy) is 1. The standard InChI is InChI=1S/C15H22O3/c1-3-4-12(7-10-15(17)18-2)11-13-5-8-14(16)9-6-13/h5-6,8-9,12,16H,3-4,7,10-11H2,1-2H3/t12-/m1/s1. The van der Waals surface area contributed by atoms with Crippen molar-refractivity contribution in [1.29, 1.82) is 0 Å². The van der Waals surface area contributed by atoms with Crippen molar-refractivity contribution in [3.63, 3.8) is 0 Å². The normalized spacial score (nSPS) is 12.1. The van der Waals surface area contributed by atoms with Crippen molar-refractivity contribution in [1.82, 2.24) is 0 Å². The zero-order valence-corrected chi connectivity index (χ0v) is 11.2. The molecule has 0 aliphatic rings. The summed E-state index contributed by atoms with van der Waals surface area (Å²) in [5.74, 6) is 0.654. The Morgan fingerprint density at radius 3 is 2.50 bits per heavy atom. The van der Waals surface area contributed by atoms with Gasteiger partial charge in [-0.15, -0.1) is 0 Å². The zero-order chi connectivity index (χ0) is 13.4. The second-order valence-electron chi connectivity index (χ2n) is 4.64. The van der Waals surface area contributed by atoms with Gasteiger partial charge in [-0.1, -0.05) is 31.9 Å². The molecule has 1 rings (SSSR count). The summed E-state index contributed by atoms with van der Waals surface area (Å²) in [6.07, 6.45) is 4.52. The first-order valence-corrected chi connectivity index (χ1v) is 6.50. The summed E-state index contributed by atoms with van der Waals surface area (Å²) in [6, 6.07) is 7.30. The molecule has 0 amide bonds. The molecule has 0 aromatic heterocycles. The summed E-state index contributed by atoms with van der Waals surface area (Å²) in [6.45, 7) is 2.15. The van der Waals surface area contributed by atoms with Crippen molar-refractivity contribution in [2.45, 2.75) is 39.0 Å². The van der Waals surface area contributed by atoms with E-state index < -0.39 is 0 Å². The highest BCUT2D eigenvalue weighted by atomic mass is 16.5. The number of methoxy groups -OCH3 is 1. The Morgan fingerprint density at radius 1 is 1.28 bits per heavy atom. The van der Waals surface area contributed by atoms with E-state index in [0.717, 1.165) is 25.7 Å². The van der Waals surface area contributed by atoms with Gasteiger partial charge < -0.3 is 9.84 Å². The molecule has 0 saturated heterocycles. The first-order valence-electron chi connectivity index (χ1n) is 6.50. The molecule has 18 heavy (non-hydrogen) atoms. The number of hydrogen-bond acceptors (Lipinski definition) is 3. The molecule has 1 atom stereocenters. The molecule has 0 heterocycles. The zero-order valence-electron chi connectivity index (χ0n) is 11.2. The number of rotatable bonds is 7. The monoisotopic (exact) mass is 250 g/mol. The molecule has 0 fully saturated rings. The van der Waals surface area contributed by atoms with Crippen LogP contribution in [-0.2, 0) is 16.0 Å². The van der Waals surface area contributed by atoms with Crippen LogP contribution in [0.15, 0.2) is 24.3 Å².